The molecule has 0 heterocycles. The predicted octanol–water partition coefficient (Wildman–Crippen LogP) is 4.58. The average molecular weight is 337 g/mol. The van der Waals surface area contributed by atoms with E-state index >= 15 is 0 Å². The molecule has 2 aromatic rings. The second-order valence-electron chi connectivity index (χ2n) is 7.11. The molecule has 2 aromatic carbocycles. The van der Waals surface area contributed by atoms with Crippen LogP contribution in [0.2, 0.25) is 0 Å². The first-order valence-corrected chi connectivity index (χ1v) is 9.22. The first-order chi connectivity index (χ1) is 12.2. The van der Waals surface area contributed by atoms with Crippen LogP contribution in [0.15, 0.2) is 60.7 Å². The predicted molar refractivity (Wildman–Crippen MR) is 100 cm³/mol. The van der Waals surface area contributed by atoms with E-state index in [4.69, 9.17) is 0 Å². The van der Waals surface area contributed by atoms with Crippen molar-refractivity contribution >= 4 is 5.97 Å². The van der Waals surface area contributed by atoms with Gasteiger partial charge in [0, 0.05) is 19.1 Å². The lowest BCUT2D eigenvalue weighted by Crippen LogP contribution is -2.33. The Morgan fingerprint density at radius 3 is 1.88 bits per heavy atom. The third-order valence-electron chi connectivity index (χ3n) is 5.48. The molecule has 0 aliphatic heterocycles. The molecule has 0 radical (unpaired) electrons. The highest BCUT2D eigenvalue weighted by Gasteiger charge is 2.40. The maximum atomic E-state index is 11.6. The van der Waals surface area contributed by atoms with Gasteiger partial charge < -0.3 is 5.11 Å². The molecule has 3 heteroatoms. The second-order valence-corrected chi connectivity index (χ2v) is 7.11. The zero-order valence-corrected chi connectivity index (χ0v) is 14.8. The number of hydrogen-bond donors (Lipinski definition) is 1. The van der Waals surface area contributed by atoms with Gasteiger partial charge in [-0.1, -0.05) is 74.0 Å². The monoisotopic (exact) mass is 337 g/mol. The molecular formula is C22H27NO2. The number of carboxylic acids is 1. The van der Waals surface area contributed by atoms with Gasteiger partial charge in [0.1, 0.15) is 0 Å². The molecular weight excluding hydrogens is 310 g/mol. The molecule has 1 saturated carbocycles. The van der Waals surface area contributed by atoms with Gasteiger partial charge in [0.15, 0.2) is 0 Å². The summed E-state index contributed by atoms with van der Waals surface area (Å²) in [5.74, 6) is -0.547. The van der Waals surface area contributed by atoms with Crippen molar-refractivity contribution in [3.63, 3.8) is 0 Å². The molecule has 0 bridgehead atoms. The topological polar surface area (TPSA) is 40.5 Å². The highest BCUT2D eigenvalue weighted by molar-refractivity contribution is 5.70. The summed E-state index contributed by atoms with van der Waals surface area (Å²) in [6.07, 6.45) is 2.68. The fraction of sp³-hybridized carbons (Fsp3) is 0.409. The average Bonchev–Trinajstić information content (AvgIpc) is 3.08. The van der Waals surface area contributed by atoms with E-state index in [9.17, 15) is 9.90 Å². The smallest absolute Gasteiger partial charge is 0.306 e. The van der Waals surface area contributed by atoms with Gasteiger partial charge in [0.05, 0.1) is 5.92 Å². The van der Waals surface area contributed by atoms with E-state index in [1.807, 2.05) is 12.1 Å². The van der Waals surface area contributed by atoms with Crippen molar-refractivity contribution < 1.29 is 9.90 Å². The van der Waals surface area contributed by atoms with Crippen LogP contribution in [0.3, 0.4) is 0 Å². The Balaban J connectivity index is 1.79. The van der Waals surface area contributed by atoms with E-state index in [-0.39, 0.29) is 11.8 Å². The van der Waals surface area contributed by atoms with Crippen LogP contribution < -0.4 is 0 Å². The number of benzene rings is 2. The van der Waals surface area contributed by atoms with Crippen molar-refractivity contribution in [3.8, 4) is 0 Å². The number of hydrogen-bond acceptors (Lipinski definition) is 2. The van der Waals surface area contributed by atoms with Crippen molar-refractivity contribution in [1.29, 1.82) is 0 Å². The molecule has 0 spiro atoms. The second kappa shape index (κ2) is 8.30. The van der Waals surface area contributed by atoms with Crippen molar-refractivity contribution in [1.82, 2.24) is 4.90 Å². The third kappa shape index (κ3) is 4.49. The molecule has 0 saturated heterocycles. The van der Waals surface area contributed by atoms with Gasteiger partial charge in [-0.3, -0.25) is 9.69 Å². The highest BCUT2D eigenvalue weighted by Crippen LogP contribution is 2.38. The lowest BCUT2D eigenvalue weighted by Gasteiger charge is -2.29. The molecule has 25 heavy (non-hydrogen) atoms. The summed E-state index contributed by atoms with van der Waals surface area (Å²) < 4.78 is 0. The van der Waals surface area contributed by atoms with Crippen LogP contribution in [0.5, 0.6) is 0 Å². The normalized spacial score (nSPS) is 23.0. The molecule has 1 aliphatic carbocycles. The van der Waals surface area contributed by atoms with Crippen molar-refractivity contribution in [2.75, 3.05) is 0 Å². The minimum absolute atomic E-state index is 0.205. The fourth-order valence-electron chi connectivity index (χ4n) is 4.10. The molecule has 132 valence electrons. The summed E-state index contributed by atoms with van der Waals surface area (Å²) >= 11 is 0. The van der Waals surface area contributed by atoms with Gasteiger partial charge >= 0.3 is 5.97 Å². The van der Waals surface area contributed by atoms with Crippen molar-refractivity contribution in [2.45, 2.75) is 45.3 Å². The Morgan fingerprint density at radius 1 is 0.960 bits per heavy atom. The Labute approximate surface area is 150 Å². The summed E-state index contributed by atoms with van der Waals surface area (Å²) in [7, 11) is 0. The van der Waals surface area contributed by atoms with Gasteiger partial charge in [-0.05, 0) is 29.9 Å². The molecule has 1 fully saturated rings. The minimum Gasteiger partial charge on any atom is -0.481 e. The number of carbonyl (C=O) groups is 1. The van der Waals surface area contributed by atoms with Crippen LogP contribution in [-0.4, -0.2) is 22.0 Å². The van der Waals surface area contributed by atoms with Crippen molar-refractivity contribution in [2.24, 2.45) is 11.8 Å². The number of carboxylic acid groups (broad SMARTS) is 1. The molecule has 3 rings (SSSR count). The maximum Gasteiger partial charge on any atom is 0.306 e. The van der Waals surface area contributed by atoms with Crippen LogP contribution in [-0.2, 0) is 17.9 Å². The van der Waals surface area contributed by atoms with E-state index in [0.717, 1.165) is 32.4 Å². The highest BCUT2D eigenvalue weighted by atomic mass is 16.4. The van der Waals surface area contributed by atoms with Gasteiger partial charge in [0.2, 0.25) is 0 Å². The van der Waals surface area contributed by atoms with Crippen LogP contribution in [0, 0.1) is 11.8 Å². The van der Waals surface area contributed by atoms with Gasteiger partial charge in [-0.15, -0.1) is 0 Å². The Morgan fingerprint density at radius 2 is 1.48 bits per heavy atom. The number of nitrogens with zero attached hydrogens (tertiary/aromatic N) is 1. The summed E-state index contributed by atoms with van der Waals surface area (Å²) in [4.78, 5) is 14.1. The number of rotatable bonds is 7. The van der Waals surface area contributed by atoms with Gasteiger partial charge in [-0.25, -0.2) is 0 Å². The third-order valence-corrected chi connectivity index (χ3v) is 5.48. The van der Waals surface area contributed by atoms with Crippen LogP contribution in [0.4, 0.5) is 0 Å². The molecule has 1 aliphatic rings. The summed E-state index contributed by atoms with van der Waals surface area (Å²) in [5.41, 5.74) is 2.57. The zero-order chi connectivity index (χ0) is 17.6. The quantitative estimate of drug-likeness (QED) is 0.804. The molecule has 3 unspecified atom stereocenters. The number of aliphatic carboxylic acids is 1. The molecule has 0 amide bonds. The lowest BCUT2D eigenvalue weighted by atomic mass is 9.94. The maximum absolute atomic E-state index is 11.6. The van der Waals surface area contributed by atoms with Crippen molar-refractivity contribution in [3.05, 3.63) is 71.8 Å². The van der Waals surface area contributed by atoms with Gasteiger partial charge in [-0.2, -0.15) is 0 Å². The Kier molecular flexibility index (Phi) is 5.87. The molecule has 3 nitrogen and oxygen atoms in total. The Hall–Kier alpha value is -2.13. The first-order valence-electron chi connectivity index (χ1n) is 9.22. The van der Waals surface area contributed by atoms with E-state index in [0.29, 0.717) is 6.04 Å². The zero-order valence-electron chi connectivity index (χ0n) is 14.8. The Bertz CT molecular complexity index is 629. The summed E-state index contributed by atoms with van der Waals surface area (Å²) in [6, 6.07) is 21.3. The summed E-state index contributed by atoms with van der Waals surface area (Å²) in [6.45, 7) is 3.84. The standard InChI is InChI=1S/C22H27NO2/c1-2-19-13-20(14-21(19)22(24)25)23(15-17-9-5-3-6-10-17)16-18-11-7-4-8-12-18/h3-12,19-21H,2,13-16H2,1H3,(H,24,25). The van der Waals surface area contributed by atoms with E-state index in [1.54, 1.807) is 0 Å². The molecule has 0 aromatic heterocycles. The SMILES string of the molecule is CCC1CC(N(Cc2ccccc2)Cc2ccccc2)CC1C(=O)O. The van der Waals surface area contributed by atoms with Gasteiger partial charge in [0.25, 0.3) is 0 Å². The molecule has 1 N–H and O–H groups in total. The largest absolute Gasteiger partial charge is 0.481 e. The minimum atomic E-state index is -0.631. The van der Waals surface area contributed by atoms with Crippen LogP contribution in [0.25, 0.3) is 0 Å². The molecule has 3 atom stereocenters. The van der Waals surface area contributed by atoms with E-state index in [1.165, 1.54) is 11.1 Å². The summed E-state index contributed by atoms with van der Waals surface area (Å²) in [5, 5.41) is 9.58. The fourth-order valence-corrected chi connectivity index (χ4v) is 4.10. The van der Waals surface area contributed by atoms with Crippen LogP contribution in [0.1, 0.15) is 37.3 Å². The lowest BCUT2D eigenvalue weighted by molar-refractivity contribution is -0.143. The van der Waals surface area contributed by atoms with E-state index < -0.39 is 5.97 Å². The van der Waals surface area contributed by atoms with E-state index in [2.05, 4.69) is 60.4 Å². The van der Waals surface area contributed by atoms with Crippen LogP contribution >= 0.6 is 0 Å². The first kappa shape index (κ1) is 17.7.